The van der Waals surface area contributed by atoms with Crippen molar-refractivity contribution in [1.82, 2.24) is 14.8 Å². The molecule has 0 atom stereocenters. The lowest BCUT2D eigenvalue weighted by Gasteiger charge is -2.07. The largest absolute Gasteiger partial charge is 0.369 e. The Bertz CT molecular complexity index is 843. The Balaban J connectivity index is 1.89. The average molecular weight is 331 g/mol. The molecule has 0 radical (unpaired) electrons. The number of hydrogen-bond donors (Lipinski definition) is 1. The lowest BCUT2D eigenvalue weighted by molar-refractivity contribution is 0.882. The molecular weight excluding hydrogens is 319 g/mol. The molecule has 22 heavy (non-hydrogen) atoms. The minimum atomic E-state index is 0.520. The Kier molecular flexibility index (Phi) is 3.28. The lowest BCUT2D eigenvalue weighted by Crippen LogP contribution is -2.04. The van der Waals surface area contributed by atoms with E-state index < -0.39 is 0 Å². The Morgan fingerprint density at radius 2 is 1.86 bits per heavy atom. The molecule has 1 aliphatic heterocycles. The maximum Gasteiger partial charge on any atom is 0.133 e. The molecule has 0 saturated heterocycles. The molecule has 6 heteroatoms. The summed E-state index contributed by atoms with van der Waals surface area (Å²) in [6.45, 7) is 0.909. The molecular formula is C16H12Cl2N4. The van der Waals surface area contributed by atoms with E-state index in [1.54, 1.807) is 18.5 Å². The first-order valence-electron chi connectivity index (χ1n) is 6.95. The summed E-state index contributed by atoms with van der Waals surface area (Å²) in [4.78, 5) is 4.07. The molecule has 4 nitrogen and oxygen atoms in total. The summed E-state index contributed by atoms with van der Waals surface area (Å²) < 4.78 is 1.89. The number of fused-ring (bicyclic) bond motifs is 1. The molecule has 1 N–H and O–H groups in total. The Hall–Kier alpha value is -2.04. The summed E-state index contributed by atoms with van der Waals surface area (Å²) in [7, 11) is 0. The second kappa shape index (κ2) is 5.30. The van der Waals surface area contributed by atoms with Crippen molar-refractivity contribution < 1.29 is 0 Å². The third-order valence-electron chi connectivity index (χ3n) is 3.75. The van der Waals surface area contributed by atoms with Crippen LogP contribution >= 0.6 is 23.2 Å². The van der Waals surface area contributed by atoms with Gasteiger partial charge in [-0.25, -0.2) is 4.68 Å². The SMILES string of the molecule is Clc1ccc(-n2nc(-c3ccncc3)c3c2NCC3)cc1Cl. The van der Waals surface area contributed by atoms with E-state index in [9.17, 15) is 0 Å². The molecule has 0 fully saturated rings. The number of nitrogens with one attached hydrogen (secondary N) is 1. The summed E-state index contributed by atoms with van der Waals surface area (Å²) in [5.41, 5.74) is 4.15. The quantitative estimate of drug-likeness (QED) is 0.765. The highest BCUT2D eigenvalue weighted by Crippen LogP contribution is 2.35. The number of aromatic nitrogens is 3. The maximum atomic E-state index is 6.14. The molecule has 1 aliphatic rings. The number of benzene rings is 1. The van der Waals surface area contributed by atoms with Crippen LogP contribution in [-0.2, 0) is 6.42 Å². The van der Waals surface area contributed by atoms with Crippen LogP contribution < -0.4 is 5.32 Å². The van der Waals surface area contributed by atoms with Gasteiger partial charge in [0.2, 0.25) is 0 Å². The van der Waals surface area contributed by atoms with Crippen LogP contribution in [0.25, 0.3) is 16.9 Å². The zero-order chi connectivity index (χ0) is 15.1. The summed E-state index contributed by atoms with van der Waals surface area (Å²) in [5.74, 6) is 1.02. The van der Waals surface area contributed by atoms with E-state index in [0.29, 0.717) is 10.0 Å². The van der Waals surface area contributed by atoms with Gasteiger partial charge in [-0.15, -0.1) is 0 Å². The Labute approximate surface area is 137 Å². The van der Waals surface area contributed by atoms with Gasteiger partial charge >= 0.3 is 0 Å². The van der Waals surface area contributed by atoms with Crippen LogP contribution in [0.4, 0.5) is 5.82 Å². The fraction of sp³-hybridized carbons (Fsp3) is 0.125. The van der Waals surface area contributed by atoms with E-state index in [1.165, 1.54) is 5.56 Å². The molecule has 0 saturated carbocycles. The van der Waals surface area contributed by atoms with Crippen LogP contribution in [0.1, 0.15) is 5.56 Å². The van der Waals surface area contributed by atoms with Crippen molar-refractivity contribution in [2.24, 2.45) is 0 Å². The standard InChI is InChI=1S/C16H12Cl2N4/c17-13-2-1-11(9-14(13)18)22-16-12(5-8-20-16)15(21-22)10-3-6-19-7-4-10/h1-4,6-7,9,20H,5,8H2. The van der Waals surface area contributed by atoms with Crippen LogP contribution in [0.15, 0.2) is 42.7 Å². The topological polar surface area (TPSA) is 42.7 Å². The van der Waals surface area contributed by atoms with E-state index in [4.69, 9.17) is 28.3 Å². The average Bonchev–Trinajstić information content (AvgIpc) is 3.13. The van der Waals surface area contributed by atoms with E-state index in [1.807, 2.05) is 28.9 Å². The van der Waals surface area contributed by atoms with Gasteiger partial charge in [0.05, 0.1) is 21.4 Å². The lowest BCUT2D eigenvalue weighted by atomic mass is 10.1. The van der Waals surface area contributed by atoms with E-state index >= 15 is 0 Å². The van der Waals surface area contributed by atoms with Gasteiger partial charge in [-0.3, -0.25) is 4.98 Å². The monoisotopic (exact) mass is 330 g/mol. The predicted molar refractivity (Wildman–Crippen MR) is 89.0 cm³/mol. The summed E-state index contributed by atoms with van der Waals surface area (Å²) in [6.07, 6.45) is 4.51. The molecule has 0 unspecified atom stereocenters. The van der Waals surface area contributed by atoms with Gasteiger partial charge in [-0.05, 0) is 36.8 Å². The molecule has 0 bridgehead atoms. The molecule has 3 heterocycles. The van der Waals surface area contributed by atoms with Gasteiger partial charge in [-0.1, -0.05) is 23.2 Å². The summed E-state index contributed by atoms with van der Waals surface area (Å²) in [6, 6.07) is 9.47. The molecule has 3 aromatic rings. The molecule has 0 aliphatic carbocycles. The second-order valence-corrected chi connectivity index (χ2v) is 5.91. The highest BCUT2D eigenvalue weighted by atomic mass is 35.5. The van der Waals surface area contributed by atoms with Gasteiger partial charge in [0, 0.05) is 30.1 Å². The van der Waals surface area contributed by atoms with E-state index in [0.717, 1.165) is 35.7 Å². The van der Waals surface area contributed by atoms with Crippen molar-refractivity contribution in [3.63, 3.8) is 0 Å². The zero-order valence-electron chi connectivity index (χ0n) is 11.6. The normalized spacial score (nSPS) is 13.0. The summed E-state index contributed by atoms with van der Waals surface area (Å²) in [5, 5.41) is 9.23. The number of anilines is 1. The van der Waals surface area contributed by atoms with Crippen molar-refractivity contribution in [1.29, 1.82) is 0 Å². The first-order chi connectivity index (χ1) is 10.7. The van der Waals surface area contributed by atoms with Crippen LogP contribution in [0.5, 0.6) is 0 Å². The molecule has 0 amide bonds. The van der Waals surface area contributed by atoms with Crippen molar-refractivity contribution >= 4 is 29.0 Å². The first-order valence-corrected chi connectivity index (χ1v) is 7.71. The second-order valence-electron chi connectivity index (χ2n) is 5.10. The number of halogens is 2. The minimum Gasteiger partial charge on any atom is -0.369 e. The summed E-state index contributed by atoms with van der Waals surface area (Å²) >= 11 is 12.1. The van der Waals surface area contributed by atoms with Crippen molar-refractivity contribution in [3.05, 3.63) is 58.3 Å². The van der Waals surface area contributed by atoms with Gasteiger partial charge in [-0.2, -0.15) is 5.10 Å². The molecule has 2 aromatic heterocycles. The fourth-order valence-electron chi connectivity index (χ4n) is 2.72. The third kappa shape index (κ3) is 2.16. The van der Waals surface area contributed by atoms with Gasteiger partial charge in [0.15, 0.2) is 0 Å². The highest BCUT2D eigenvalue weighted by molar-refractivity contribution is 6.42. The zero-order valence-corrected chi connectivity index (χ0v) is 13.1. The molecule has 110 valence electrons. The van der Waals surface area contributed by atoms with E-state index in [2.05, 4.69) is 10.3 Å². The number of nitrogens with zero attached hydrogens (tertiary/aromatic N) is 3. The van der Waals surface area contributed by atoms with Crippen molar-refractivity contribution in [2.45, 2.75) is 6.42 Å². The smallest absolute Gasteiger partial charge is 0.133 e. The fourth-order valence-corrected chi connectivity index (χ4v) is 3.01. The molecule has 4 rings (SSSR count). The van der Waals surface area contributed by atoms with Gasteiger partial charge in [0.25, 0.3) is 0 Å². The van der Waals surface area contributed by atoms with Gasteiger partial charge < -0.3 is 5.32 Å². The minimum absolute atomic E-state index is 0.520. The van der Waals surface area contributed by atoms with Crippen LogP contribution in [0.2, 0.25) is 10.0 Å². The third-order valence-corrected chi connectivity index (χ3v) is 4.49. The Morgan fingerprint density at radius 1 is 1.05 bits per heavy atom. The van der Waals surface area contributed by atoms with Crippen molar-refractivity contribution in [2.75, 3.05) is 11.9 Å². The van der Waals surface area contributed by atoms with Crippen LogP contribution in [-0.4, -0.2) is 21.3 Å². The van der Waals surface area contributed by atoms with Crippen LogP contribution in [0.3, 0.4) is 0 Å². The van der Waals surface area contributed by atoms with Gasteiger partial charge in [0.1, 0.15) is 5.82 Å². The predicted octanol–water partition coefficient (Wildman–Crippen LogP) is 4.21. The molecule has 0 spiro atoms. The first kappa shape index (κ1) is 13.6. The Morgan fingerprint density at radius 3 is 2.64 bits per heavy atom. The number of hydrogen-bond acceptors (Lipinski definition) is 3. The van der Waals surface area contributed by atoms with Crippen molar-refractivity contribution in [3.8, 4) is 16.9 Å². The number of pyridine rings is 1. The number of rotatable bonds is 2. The van der Waals surface area contributed by atoms with Crippen LogP contribution in [0, 0.1) is 0 Å². The maximum absolute atomic E-state index is 6.14. The highest BCUT2D eigenvalue weighted by Gasteiger charge is 2.24. The van der Waals surface area contributed by atoms with E-state index in [-0.39, 0.29) is 0 Å². The molecule has 1 aromatic carbocycles.